The maximum Gasteiger partial charge on any atom is 0.276 e. The Balaban J connectivity index is 1.36. The Morgan fingerprint density at radius 1 is 0.970 bits per heavy atom. The van der Waals surface area contributed by atoms with Crippen molar-refractivity contribution in [2.24, 2.45) is 0 Å². The van der Waals surface area contributed by atoms with Crippen LogP contribution in [0.3, 0.4) is 0 Å². The predicted molar refractivity (Wildman–Crippen MR) is 128 cm³/mol. The number of benzene rings is 2. The quantitative estimate of drug-likeness (QED) is 0.363. The van der Waals surface area contributed by atoms with Gasteiger partial charge < -0.3 is 4.90 Å². The fraction of sp³-hybridized carbons (Fsp3) is 0.120. The molecule has 1 amide bonds. The van der Waals surface area contributed by atoms with Crippen LogP contribution in [-0.2, 0) is 13.1 Å². The molecule has 5 rings (SSSR count). The van der Waals surface area contributed by atoms with E-state index >= 15 is 0 Å². The summed E-state index contributed by atoms with van der Waals surface area (Å²) in [6.07, 6.45) is 3.68. The smallest absolute Gasteiger partial charge is 0.276 e. The number of amides is 1. The highest BCUT2D eigenvalue weighted by Crippen LogP contribution is 2.28. The van der Waals surface area contributed by atoms with E-state index in [2.05, 4.69) is 10.3 Å². The van der Waals surface area contributed by atoms with E-state index < -0.39 is 0 Å². The Labute approximate surface area is 195 Å². The van der Waals surface area contributed by atoms with Crippen molar-refractivity contribution in [2.75, 3.05) is 7.05 Å². The third kappa shape index (κ3) is 4.61. The molecule has 0 aliphatic heterocycles. The summed E-state index contributed by atoms with van der Waals surface area (Å²) in [6, 6.07) is 24.0. The summed E-state index contributed by atoms with van der Waals surface area (Å²) in [5, 5.41) is 15.1. The molecule has 0 aliphatic rings. The first-order valence-electron chi connectivity index (χ1n) is 10.5. The normalized spacial score (nSPS) is 10.9. The monoisotopic (exact) mass is 454 g/mol. The van der Waals surface area contributed by atoms with E-state index in [1.54, 1.807) is 34.2 Å². The number of hydrogen-bond acceptors (Lipinski definition) is 5. The summed E-state index contributed by atoms with van der Waals surface area (Å²) in [5.74, 6) is -0.182. The first kappa shape index (κ1) is 20.8. The van der Waals surface area contributed by atoms with E-state index in [1.807, 2.05) is 89.1 Å². The molecule has 164 valence electrons. The molecule has 0 spiro atoms. The second-order valence-corrected chi connectivity index (χ2v) is 8.66. The zero-order valence-electron chi connectivity index (χ0n) is 18.1. The average molecular weight is 455 g/mol. The molecule has 0 atom stereocenters. The van der Waals surface area contributed by atoms with Crippen LogP contribution in [0.25, 0.3) is 16.3 Å². The van der Waals surface area contributed by atoms with E-state index in [9.17, 15) is 4.79 Å². The molecular weight excluding hydrogens is 432 g/mol. The standard InChI is InChI=1S/C25H22N6OS/c1-29(25(32)22-18-30(28-26-22)15-19-9-4-2-5-10-19)16-20-17-31(21-11-6-3-7-12-21)27-24(20)23-13-8-14-33-23/h2-14,17-18H,15-16H2,1H3. The summed E-state index contributed by atoms with van der Waals surface area (Å²) >= 11 is 1.63. The fourth-order valence-electron chi connectivity index (χ4n) is 3.63. The summed E-state index contributed by atoms with van der Waals surface area (Å²) in [7, 11) is 1.77. The number of rotatable bonds is 7. The molecule has 8 heteroatoms. The molecular formula is C25H22N6OS. The number of carbonyl (C=O) groups excluding carboxylic acids is 1. The SMILES string of the molecule is CN(Cc1cn(-c2ccccc2)nc1-c1cccs1)C(=O)c1cn(Cc2ccccc2)nn1. The molecule has 2 aromatic carbocycles. The second kappa shape index (κ2) is 9.22. The lowest BCUT2D eigenvalue weighted by Gasteiger charge is -2.15. The van der Waals surface area contributed by atoms with Crippen molar-refractivity contribution >= 4 is 17.2 Å². The molecule has 0 saturated carbocycles. The van der Waals surface area contributed by atoms with Gasteiger partial charge in [0, 0.05) is 25.4 Å². The van der Waals surface area contributed by atoms with Crippen LogP contribution in [0.2, 0.25) is 0 Å². The van der Waals surface area contributed by atoms with E-state index in [1.165, 1.54) is 0 Å². The maximum atomic E-state index is 13.1. The van der Waals surface area contributed by atoms with Gasteiger partial charge in [-0.1, -0.05) is 59.8 Å². The lowest BCUT2D eigenvalue weighted by atomic mass is 10.2. The van der Waals surface area contributed by atoms with Gasteiger partial charge in [-0.15, -0.1) is 16.4 Å². The number of carbonyl (C=O) groups is 1. The van der Waals surface area contributed by atoms with Gasteiger partial charge in [0.2, 0.25) is 0 Å². The summed E-state index contributed by atoms with van der Waals surface area (Å²) in [6.45, 7) is 0.974. The third-order valence-electron chi connectivity index (χ3n) is 5.26. The van der Waals surface area contributed by atoms with Crippen molar-refractivity contribution in [3.8, 4) is 16.3 Å². The Kier molecular flexibility index (Phi) is 5.82. The highest BCUT2D eigenvalue weighted by molar-refractivity contribution is 7.13. The van der Waals surface area contributed by atoms with Crippen LogP contribution in [0.4, 0.5) is 0 Å². The van der Waals surface area contributed by atoms with Crippen molar-refractivity contribution in [1.29, 1.82) is 0 Å². The molecule has 0 radical (unpaired) electrons. The molecule has 3 heterocycles. The van der Waals surface area contributed by atoms with Crippen LogP contribution in [0.1, 0.15) is 21.6 Å². The highest BCUT2D eigenvalue weighted by atomic mass is 32.1. The maximum absolute atomic E-state index is 13.1. The van der Waals surface area contributed by atoms with Gasteiger partial charge in [-0.2, -0.15) is 5.10 Å². The summed E-state index contributed by atoms with van der Waals surface area (Å²) in [5.41, 5.74) is 4.24. The summed E-state index contributed by atoms with van der Waals surface area (Å²) < 4.78 is 3.54. The second-order valence-electron chi connectivity index (χ2n) is 7.71. The van der Waals surface area contributed by atoms with Gasteiger partial charge >= 0.3 is 0 Å². The van der Waals surface area contributed by atoms with Crippen LogP contribution < -0.4 is 0 Å². The van der Waals surface area contributed by atoms with Gasteiger partial charge in [-0.25, -0.2) is 9.36 Å². The van der Waals surface area contributed by atoms with E-state index in [0.717, 1.165) is 27.4 Å². The Hall–Kier alpha value is -4.04. The molecule has 3 aromatic heterocycles. The van der Waals surface area contributed by atoms with Crippen LogP contribution >= 0.6 is 11.3 Å². The highest BCUT2D eigenvalue weighted by Gasteiger charge is 2.20. The van der Waals surface area contributed by atoms with Crippen LogP contribution in [0.15, 0.2) is 90.6 Å². The van der Waals surface area contributed by atoms with Gasteiger partial charge in [0.05, 0.1) is 23.3 Å². The van der Waals surface area contributed by atoms with Gasteiger partial charge in [0.25, 0.3) is 5.91 Å². The fourth-order valence-corrected chi connectivity index (χ4v) is 4.37. The predicted octanol–water partition coefficient (Wildman–Crippen LogP) is 4.51. The third-order valence-corrected chi connectivity index (χ3v) is 6.14. The largest absolute Gasteiger partial charge is 0.336 e. The molecule has 33 heavy (non-hydrogen) atoms. The van der Waals surface area contributed by atoms with Crippen LogP contribution in [-0.4, -0.2) is 42.6 Å². The van der Waals surface area contributed by atoms with Gasteiger partial charge in [-0.05, 0) is 29.1 Å². The topological polar surface area (TPSA) is 68.8 Å². The first-order valence-corrected chi connectivity index (χ1v) is 11.4. The first-order chi connectivity index (χ1) is 16.2. The van der Waals surface area contributed by atoms with Gasteiger partial charge in [0.1, 0.15) is 5.69 Å². The number of thiophene rings is 1. The van der Waals surface area contributed by atoms with Crippen LogP contribution in [0, 0.1) is 0 Å². The van der Waals surface area contributed by atoms with Crippen molar-refractivity contribution in [2.45, 2.75) is 13.1 Å². The number of hydrogen-bond donors (Lipinski definition) is 0. The van der Waals surface area contributed by atoms with Gasteiger partial charge in [-0.3, -0.25) is 4.79 Å². The average Bonchev–Trinajstić information content (AvgIpc) is 3.61. The van der Waals surface area contributed by atoms with Crippen LogP contribution in [0.5, 0.6) is 0 Å². The number of para-hydroxylation sites is 1. The lowest BCUT2D eigenvalue weighted by Crippen LogP contribution is -2.26. The molecule has 0 bridgehead atoms. The minimum Gasteiger partial charge on any atom is -0.336 e. The Morgan fingerprint density at radius 3 is 2.45 bits per heavy atom. The Bertz CT molecular complexity index is 1340. The van der Waals surface area contributed by atoms with Crippen molar-refractivity contribution in [1.82, 2.24) is 29.7 Å². The molecule has 0 unspecified atom stereocenters. The van der Waals surface area contributed by atoms with E-state index in [4.69, 9.17) is 5.10 Å². The molecule has 0 fully saturated rings. The zero-order valence-corrected chi connectivity index (χ0v) is 18.9. The minimum atomic E-state index is -0.182. The molecule has 0 saturated heterocycles. The van der Waals surface area contributed by atoms with E-state index in [-0.39, 0.29) is 5.91 Å². The van der Waals surface area contributed by atoms with Gasteiger partial charge in [0.15, 0.2) is 5.69 Å². The summed E-state index contributed by atoms with van der Waals surface area (Å²) in [4.78, 5) is 15.8. The molecule has 0 N–H and O–H groups in total. The molecule has 0 aliphatic carbocycles. The van der Waals surface area contributed by atoms with Crippen molar-refractivity contribution in [3.63, 3.8) is 0 Å². The van der Waals surface area contributed by atoms with Crippen molar-refractivity contribution < 1.29 is 4.79 Å². The molecule has 7 nitrogen and oxygen atoms in total. The number of aromatic nitrogens is 5. The molecule has 5 aromatic rings. The number of nitrogens with zero attached hydrogens (tertiary/aromatic N) is 6. The lowest BCUT2D eigenvalue weighted by molar-refractivity contribution is 0.0779. The minimum absolute atomic E-state index is 0.182. The zero-order chi connectivity index (χ0) is 22.6. The Morgan fingerprint density at radius 2 is 1.73 bits per heavy atom. The van der Waals surface area contributed by atoms with E-state index in [0.29, 0.717) is 18.8 Å². The van der Waals surface area contributed by atoms with Crippen molar-refractivity contribution in [3.05, 3.63) is 107 Å².